The van der Waals surface area contributed by atoms with E-state index in [4.69, 9.17) is 5.73 Å². The fourth-order valence-electron chi connectivity index (χ4n) is 3.66. The van der Waals surface area contributed by atoms with E-state index in [0.717, 1.165) is 58.5 Å². The van der Waals surface area contributed by atoms with Crippen LogP contribution in [-0.4, -0.2) is 66.6 Å². The zero-order valence-corrected chi connectivity index (χ0v) is 13.9. The minimum atomic E-state index is -0.510. The maximum atomic E-state index is 12.2. The summed E-state index contributed by atoms with van der Waals surface area (Å²) in [5.74, 6) is 0.269. The molecule has 5 nitrogen and oxygen atoms in total. The molecular weight excluding hydrogens is 264 g/mol. The Morgan fingerprint density at radius 3 is 2.52 bits per heavy atom. The molecule has 122 valence electrons. The summed E-state index contributed by atoms with van der Waals surface area (Å²) in [6, 6.07) is 0.555. The third-order valence-corrected chi connectivity index (χ3v) is 5.13. The monoisotopic (exact) mass is 296 g/mol. The van der Waals surface area contributed by atoms with Crippen LogP contribution in [-0.2, 0) is 4.79 Å². The molecular formula is C16H32N4O. The van der Waals surface area contributed by atoms with Gasteiger partial charge in [-0.3, -0.25) is 14.6 Å². The van der Waals surface area contributed by atoms with Crippen molar-refractivity contribution in [2.45, 2.75) is 51.6 Å². The van der Waals surface area contributed by atoms with E-state index in [0.29, 0.717) is 12.0 Å². The highest BCUT2D eigenvalue weighted by atomic mass is 16.1. The lowest BCUT2D eigenvalue weighted by atomic mass is 9.90. The fourth-order valence-corrected chi connectivity index (χ4v) is 3.66. The van der Waals surface area contributed by atoms with Crippen LogP contribution in [0.2, 0.25) is 0 Å². The van der Waals surface area contributed by atoms with E-state index in [1.54, 1.807) is 0 Å². The van der Waals surface area contributed by atoms with Gasteiger partial charge in [0, 0.05) is 32.2 Å². The number of nitrogens with zero attached hydrogens (tertiary/aromatic N) is 2. The molecule has 2 unspecified atom stereocenters. The third kappa shape index (κ3) is 3.76. The van der Waals surface area contributed by atoms with Crippen LogP contribution in [0.1, 0.15) is 40.0 Å². The lowest BCUT2D eigenvalue weighted by Gasteiger charge is -2.43. The van der Waals surface area contributed by atoms with E-state index in [1.165, 1.54) is 0 Å². The first kappa shape index (κ1) is 16.7. The van der Waals surface area contributed by atoms with Crippen molar-refractivity contribution in [3.63, 3.8) is 0 Å². The average Bonchev–Trinajstić information content (AvgIpc) is 3.28. The molecule has 1 amide bonds. The van der Waals surface area contributed by atoms with Crippen molar-refractivity contribution in [2.24, 2.45) is 11.7 Å². The molecule has 1 saturated carbocycles. The molecule has 1 heterocycles. The van der Waals surface area contributed by atoms with E-state index >= 15 is 0 Å². The van der Waals surface area contributed by atoms with Crippen LogP contribution in [0.3, 0.4) is 0 Å². The van der Waals surface area contributed by atoms with Gasteiger partial charge in [-0.25, -0.2) is 0 Å². The van der Waals surface area contributed by atoms with Gasteiger partial charge in [0.15, 0.2) is 0 Å². The SMILES string of the molecule is CCCNC(CN1CCN(CC)C(C)C1)(C(N)=O)C1CC1. The van der Waals surface area contributed by atoms with Crippen molar-refractivity contribution < 1.29 is 4.79 Å². The number of nitrogens with two attached hydrogens (primary N) is 1. The molecule has 0 aromatic heterocycles. The van der Waals surface area contributed by atoms with Crippen LogP contribution in [0.4, 0.5) is 0 Å². The molecule has 2 rings (SSSR count). The van der Waals surface area contributed by atoms with Gasteiger partial charge in [0.25, 0.3) is 0 Å². The van der Waals surface area contributed by atoms with Crippen molar-refractivity contribution in [3.8, 4) is 0 Å². The summed E-state index contributed by atoms with van der Waals surface area (Å²) in [6.45, 7) is 12.5. The van der Waals surface area contributed by atoms with Crippen LogP contribution in [0, 0.1) is 5.92 Å². The number of rotatable bonds is 8. The molecule has 21 heavy (non-hydrogen) atoms. The zero-order chi connectivity index (χ0) is 15.5. The highest BCUT2D eigenvalue weighted by Gasteiger charge is 2.50. The zero-order valence-electron chi connectivity index (χ0n) is 13.9. The summed E-state index contributed by atoms with van der Waals surface area (Å²) in [6.07, 6.45) is 3.29. The Kier molecular flexibility index (Phi) is 5.63. The summed E-state index contributed by atoms with van der Waals surface area (Å²) < 4.78 is 0. The predicted molar refractivity (Wildman–Crippen MR) is 86.1 cm³/mol. The molecule has 3 N–H and O–H groups in total. The number of carbonyl (C=O) groups excluding carboxylic acids is 1. The van der Waals surface area contributed by atoms with E-state index in [9.17, 15) is 4.79 Å². The number of nitrogens with one attached hydrogen (secondary N) is 1. The molecule has 0 radical (unpaired) electrons. The Morgan fingerprint density at radius 2 is 2.05 bits per heavy atom. The summed E-state index contributed by atoms with van der Waals surface area (Å²) >= 11 is 0. The number of carbonyl (C=O) groups is 1. The summed E-state index contributed by atoms with van der Waals surface area (Å²) in [4.78, 5) is 17.1. The fraction of sp³-hybridized carbons (Fsp3) is 0.938. The van der Waals surface area contributed by atoms with Gasteiger partial charge in [-0.05, 0) is 45.2 Å². The van der Waals surface area contributed by atoms with E-state index in [2.05, 4.69) is 35.9 Å². The number of amides is 1. The van der Waals surface area contributed by atoms with Gasteiger partial charge in [-0.15, -0.1) is 0 Å². The Bertz CT molecular complexity index is 358. The van der Waals surface area contributed by atoms with Crippen molar-refractivity contribution in [3.05, 3.63) is 0 Å². The Labute approximate surface area is 129 Å². The van der Waals surface area contributed by atoms with Gasteiger partial charge in [0.1, 0.15) is 5.54 Å². The van der Waals surface area contributed by atoms with E-state index in [-0.39, 0.29) is 5.91 Å². The summed E-state index contributed by atoms with van der Waals surface area (Å²) in [5, 5.41) is 3.50. The van der Waals surface area contributed by atoms with Gasteiger partial charge in [0.05, 0.1) is 0 Å². The minimum Gasteiger partial charge on any atom is -0.368 e. The number of likely N-dealkylation sites (N-methyl/N-ethyl adjacent to an activating group) is 1. The van der Waals surface area contributed by atoms with Gasteiger partial charge in [-0.2, -0.15) is 0 Å². The first-order valence-electron chi connectivity index (χ1n) is 8.54. The van der Waals surface area contributed by atoms with E-state index < -0.39 is 5.54 Å². The molecule has 1 aliphatic heterocycles. The standard InChI is InChI=1S/C16H32N4O/c1-4-8-18-16(15(17)21,14-6-7-14)12-19-9-10-20(5-2)13(3)11-19/h13-14,18H,4-12H2,1-3H3,(H2,17,21). The highest BCUT2D eigenvalue weighted by molar-refractivity contribution is 5.86. The molecule has 0 aromatic carbocycles. The molecule has 2 aliphatic rings. The second-order valence-electron chi connectivity index (χ2n) is 6.75. The van der Waals surface area contributed by atoms with Gasteiger partial charge in [0.2, 0.25) is 5.91 Å². The number of hydrogen-bond acceptors (Lipinski definition) is 4. The second-order valence-corrected chi connectivity index (χ2v) is 6.75. The van der Waals surface area contributed by atoms with Crippen molar-refractivity contribution >= 4 is 5.91 Å². The summed E-state index contributed by atoms with van der Waals surface area (Å²) in [5.41, 5.74) is 5.31. The number of piperazine rings is 1. The number of hydrogen-bond donors (Lipinski definition) is 2. The van der Waals surface area contributed by atoms with Gasteiger partial charge < -0.3 is 11.1 Å². The molecule has 2 fully saturated rings. The molecule has 2 atom stereocenters. The van der Waals surface area contributed by atoms with Gasteiger partial charge in [-0.1, -0.05) is 13.8 Å². The highest BCUT2D eigenvalue weighted by Crippen LogP contribution is 2.40. The average molecular weight is 296 g/mol. The molecule has 0 spiro atoms. The van der Waals surface area contributed by atoms with Crippen molar-refractivity contribution in [1.29, 1.82) is 0 Å². The maximum Gasteiger partial charge on any atom is 0.239 e. The lowest BCUT2D eigenvalue weighted by molar-refractivity contribution is -0.126. The number of primary amides is 1. The van der Waals surface area contributed by atoms with E-state index in [1.807, 2.05) is 0 Å². The quantitative estimate of drug-likeness (QED) is 0.690. The minimum absolute atomic E-state index is 0.163. The molecule has 0 aromatic rings. The van der Waals surface area contributed by atoms with Crippen molar-refractivity contribution in [1.82, 2.24) is 15.1 Å². The Balaban J connectivity index is 2.03. The van der Waals surface area contributed by atoms with Crippen LogP contribution in [0.5, 0.6) is 0 Å². The predicted octanol–water partition coefficient (Wildman–Crippen LogP) is 0.646. The second kappa shape index (κ2) is 7.07. The normalized spacial score (nSPS) is 27.5. The molecule has 1 saturated heterocycles. The van der Waals surface area contributed by atoms with Crippen LogP contribution in [0.25, 0.3) is 0 Å². The summed E-state index contributed by atoms with van der Waals surface area (Å²) in [7, 11) is 0. The van der Waals surface area contributed by atoms with Crippen molar-refractivity contribution in [2.75, 3.05) is 39.3 Å². The Morgan fingerprint density at radius 1 is 1.33 bits per heavy atom. The maximum absolute atomic E-state index is 12.2. The molecule has 5 heteroatoms. The third-order valence-electron chi connectivity index (χ3n) is 5.13. The first-order chi connectivity index (χ1) is 10.0. The smallest absolute Gasteiger partial charge is 0.239 e. The Hall–Kier alpha value is -0.650. The topological polar surface area (TPSA) is 61.6 Å². The lowest BCUT2D eigenvalue weighted by Crippen LogP contribution is -2.65. The largest absolute Gasteiger partial charge is 0.368 e. The van der Waals surface area contributed by atoms with Crippen LogP contribution < -0.4 is 11.1 Å². The van der Waals surface area contributed by atoms with Gasteiger partial charge >= 0.3 is 0 Å². The molecule has 1 aliphatic carbocycles. The first-order valence-corrected chi connectivity index (χ1v) is 8.54. The van der Waals surface area contributed by atoms with Crippen LogP contribution >= 0.6 is 0 Å². The van der Waals surface area contributed by atoms with Crippen LogP contribution in [0.15, 0.2) is 0 Å². The molecule has 0 bridgehead atoms.